The fourth-order valence-electron chi connectivity index (χ4n) is 6.90. The quantitative estimate of drug-likeness (QED) is 0.412. The molecule has 1 N–H and O–H groups in total. The lowest BCUT2D eigenvalue weighted by atomic mass is 9.78. The Balaban J connectivity index is 1.24. The number of ether oxygens (including phenoxy) is 1. The van der Waals surface area contributed by atoms with E-state index in [9.17, 15) is 18.7 Å². The average Bonchev–Trinajstić information content (AvgIpc) is 2.84. The maximum Gasteiger partial charge on any atom is 0.306 e. The SMILES string of the molecule is C[C@H]1CC[C@@H](Oc2ccc3cc(CCCN4C5CCCC4CC(C(=O)O)C5)ccc3c2C(F)F)CC1. The molecule has 196 valence electrons. The standard InChI is InChI=1S/C30H39F2NO3/c1-19-7-11-25(12-8-19)36-27-14-10-21-16-20(9-13-26(21)28(27)29(31)32)4-3-15-33-23-5-2-6-24(33)18-22(17-23)30(34)35/h9-10,13-14,16,19,22-25,29H,2-8,11-12,15,17-18H2,1H3,(H,34,35)/t19-,22?,23?,24?,25+. The molecule has 3 fully saturated rings. The Morgan fingerprint density at radius 2 is 1.78 bits per heavy atom. The second-order valence-electron chi connectivity index (χ2n) is 11.4. The zero-order valence-electron chi connectivity index (χ0n) is 21.3. The fourth-order valence-corrected chi connectivity index (χ4v) is 6.90. The summed E-state index contributed by atoms with van der Waals surface area (Å²) in [7, 11) is 0. The van der Waals surface area contributed by atoms with Crippen LogP contribution in [0.5, 0.6) is 5.75 Å². The number of hydrogen-bond donors (Lipinski definition) is 1. The summed E-state index contributed by atoms with van der Waals surface area (Å²) in [6.45, 7) is 3.20. The van der Waals surface area contributed by atoms with Gasteiger partial charge in [-0.15, -0.1) is 0 Å². The molecule has 0 amide bonds. The minimum atomic E-state index is -2.58. The van der Waals surface area contributed by atoms with Crippen molar-refractivity contribution in [2.75, 3.05) is 6.54 Å². The van der Waals surface area contributed by atoms with Crippen LogP contribution in [-0.2, 0) is 11.2 Å². The van der Waals surface area contributed by atoms with E-state index >= 15 is 0 Å². The fraction of sp³-hybridized carbons (Fsp3) is 0.633. The molecule has 2 heterocycles. The van der Waals surface area contributed by atoms with Gasteiger partial charge in [-0.2, -0.15) is 0 Å². The normalized spacial score (nSPS) is 28.9. The lowest BCUT2D eigenvalue weighted by Gasteiger charge is -2.48. The van der Waals surface area contributed by atoms with Crippen LogP contribution in [0.3, 0.4) is 0 Å². The number of halogens is 2. The first-order valence-corrected chi connectivity index (χ1v) is 13.9. The van der Waals surface area contributed by atoms with Gasteiger partial charge in [0, 0.05) is 12.1 Å². The molecule has 36 heavy (non-hydrogen) atoms. The number of aliphatic carboxylic acids is 1. The van der Waals surface area contributed by atoms with Crippen LogP contribution in [0.1, 0.15) is 88.7 Å². The summed E-state index contributed by atoms with van der Waals surface area (Å²) < 4.78 is 34.4. The highest BCUT2D eigenvalue weighted by Crippen LogP contribution is 2.39. The first kappa shape index (κ1) is 25.4. The second kappa shape index (κ2) is 11.0. The van der Waals surface area contributed by atoms with E-state index in [0.29, 0.717) is 29.1 Å². The van der Waals surface area contributed by atoms with Crippen molar-refractivity contribution in [2.24, 2.45) is 11.8 Å². The Bertz CT molecular complexity index is 1050. The maximum absolute atomic E-state index is 14.2. The van der Waals surface area contributed by atoms with E-state index in [1.54, 1.807) is 6.07 Å². The molecule has 1 aliphatic carbocycles. The predicted molar refractivity (Wildman–Crippen MR) is 138 cm³/mol. The first-order valence-electron chi connectivity index (χ1n) is 13.9. The number of carboxylic acids is 1. The van der Waals surface area contributed by atoms with Gasteiger partial charge < -0.3 is 9.84 Å². The molecule has 2 saturated heterocycles. The smallest absolute Gasteiger partial charge is 0.306 e. The van der Waals surface area contributed by atoms with E-state index < -0.39 is 12.4 Å². The molecule has 2 aromatic carbocycles. The zero-order valence-corrected chi connectivity index (χ0v) is 21.3. The van der Waals surface area contributed by atoms with Gasteiger partial charge in [0.25, 0.3) is 6.43 Å². The number of carboxylic acid groups (broad SMARTS) is 1. The molecular weight excluding hydrogens is 460 g/mol. The highest BCUT2D eigenvalue weighted by Gasteiger charge is 2.40. The van der Waals surface area contributed by atoms with Crippen LogP contribution < -0.4 is 4.74 Å². The van der Waals surface area contributed by atoms with Crippen LogP contribution in [0.15, 0.2) is 30.3 Å². The number of carbonyl (C=O) groups is 1. The van der Waals surface area contributed by atoms with Gasteiger partial charge in [0.1, 0.15) is 5.75 Å². The van der Waals surface area contributed by atoms with Gasteiger partial charge in [0.05, 0.1) is 17.6 Å². The van der Waals surface area contributed by atoms with E-state index in [2.05, 4.69) is 11.8 Å². The van der Waals surface area contributed by atoms with Crippen molar-refractivity contribution in [1.82, 2.24) is 4.90 Å². The molecule has 4 nitrogen and oxygen atoms in total. The molecule has 3 aliphatic rings. The van der Waals surface area contributed by atoms with Crippen molar-refractivity contribution in [3.63, 3.8) is 0 Å². The van der Waals surface area contributed by atoms with E-state index in [1.165, 1.54) is 6.42 Å². The maximum atomic E-state index is 14.2. The Kier molecular flexibility index (Phi) is 7.80. The molecular formula is C30H39F2NO3. The minimum absolute atomic E-state index is 0.0202. The summed E-state index contributed by atoms with van der Waals surface area (Å²) >= 11 is 0. The molecule has 0 aromatic heterocycles. The van der Waals surface area contributed by atoms with Crippen molar-refractivity contribution in [3.05, 3.63) is 41.5 Å². The molecule has 2 atom stereocenters. The summed E-state index contributed by atoms with van der Waals surface area (Å²) in [6, 6.07) is 10.3. The van der Waals surface area contributed by atoms with Gasteiger partial charge >= 0.3 is 5.97 Å². The molecule has 2 unspecified atom stereocenters. The molecule has 0 radical (unpaired) electrons. The van der Waals surface area contributed by atoms with Gasteiger partial charge in [-0.3, -0.25) is 9.69 Å². The Labute approximate surface area is 213 Å². The third-order valence-corrected chi connectivity index (χ3v) is 8.92. The number of alkyl halides is 2. The van der Waals surface area contributed by atoms with E-state index in [-0.39, 0.29) is 17.6 Å². The van der Waals surface area contributed by atoms with E-state index in [4.69, 9.17) is 4.74 Å². The summed E-state index contributed by atoms with van der Waals surface area (Å²) in [5, 5.41) is 10.9. The number of piperidine rings is 2. The minimum Gasteiger partial charge on any atom is -0.490 e. The van der Waals surface area contributed by atoms with Gasteiger partial charge in [-0.05, 0) is 99.1 Å². The number of hydrogen-bond acceptors (Lipinski definition) is 3. The highest BCUT2D eigenvalue weighted by atomic mass is 19.3. The number of fused-ring (bicyclic) bond motifs is 3. The first-order chi connectivity index (χ1) is 17.4. The van der Waals surface area contributed by atoms with Crippen LogP contribution in [0.4, 0.5) is 8.78 Å². The van der Waals surface area contributed by atoms with Crippen LogP contribution >= 0.6 is 0 Å². The molecule has 5 rings (SSSR count). The van der Waals surface area contributed by atoms with Gasteiger partial charge in [0.15, 0.2) is 0 Å². The summed E-state index contributed by atoms with van der Waals surface area (Å²) in [6.07, 6.45) is 8.26. The van der Waals surface area contributed by atoms with Crippen molar-refractivity contribution in [2.45, 2.75) is 102 Å². The Morgan fingerprint density at radius 1 is 1.06 bits per heavy atom. The monoisotopic (exact) mass is 499 g/mol. The van der Waals surface area contributed by atoms with E-state index in [1.807, 2.05) is 24.3 Å². The largest absolute Gasteiger partial charge is 0.490 e. The lowest BCUT2D eigenvalue weighted by molar-refractivity contribution is -0.146. The van der Waals surface area contributed by atoms with Crippen LogP contribution in [-0.4, -0.2) is 40.7 Å². The lowest BCUT2D eigenvalue weighted by Crippen LogP contribution is -2.53. The van der Waals surface area contributed by atoms with Gasteiger partial charge in [0.2, 0.25) is 0 Å². The predicted octanol–water partition coefficient (Wildman–Crippen LogP) is 7.39. The second-order valence-corrected chi connectivity index (χ2v) is 11.4. The Hall–Kier alpha value is -2.21. The highest BCUT2D eigenvalue weighted by molar-refractivity contribution is 5.88. The van der Waals surface area contributed by atoms with Crippen LogP contribution in [0.25, 0.3) is 10.8 Å². The van der Waals surface area contributed by atoms with Crippen LogP contribution in [0, 0.1) is 11.8 Å². The summed E-state index contributed by atoms with van der Waals surface area (Å²) in [5.41, 5.74) is 1.18. The van der Waals surface area contributed by atoms with Crippen molar-refractivity contribution in [3.8, 4) is 5.75 Å². The molecule has 2 aliphatic heterocycles. The van der Waals surface area contributed by atoms with Crippen LogP contribution in [0.2, 0.25) is 0 Å². The third kappa shape index (κ3) is 5.53. The molecule has 0 spiro atoms. The van der Waals surface area contributed by atoms with Crippen molar-refractivity contribution in [1.29, 1.82) is 0 Å². The number of rotatable bonds is 8. The summed E-state index contributed by atoms with van der Waals surface area (Å²) in [5.74, 6) is 0.177. The number of nitrogens with zero attached hydrogens (tertiary/aromatic N) is 1. The zero-order chi connectivity index (χ0) is 25.2. The molecule has 2 aromatic rings. The summed E-state index contributed by atoms with van der Waals surface area (Å²) in [4.78, 5) is 14.1. The number of aryl methyl sites for hydroxylation is 1. The van der Waals surface area contributed by atoms with E-state index in [0.717, 1.165) is 81.7 Å². The topological polar surface area (TPSA) is 49.8 Å². The third-order valence-electron chi connectivity index (χ3n) is 8.92. The van der Waals surface area contributed by atoms with Crippen molar-refractivity contribution >= 4 is 16.7 Å². The Morgan fingerprint density at radius 3 is 2.44 bits per heavy atom. The molecule has 1 saturated carbocycles. The molecule has 6 heteroatoms. The van der Waals surface area contributed by atoms with Gasteiger partial charge in [-0.25, -0.2) is 8.78 Å². The van der Waals surface area contributed by atoms with Gasteiger partial charge in [-0.1, -0.05) is 37.6 Å². The number of benzene rings is 2. The molecule has 2 bridgehead atoms. The van der Waals surface area contributed by atoms with Crippen molar-refractivity contribution < 1.29 is 23.4 Å². The average molecular weight is 500 g/mol.